The zero-order valence-electron chi connectivity index (χ0n) is 14.8. The molecule has 9 nitrogen and oxygen atoms in total. The molecule has 0 radical (unpaired) electrons. The molecule has 3 aliphatic heterocycles. The third-order valence-electron chi connectivity index (χ3n) is 5.18. The Morgan fingerprint density at radius 3 is 2.67 bits per heavy atom. The number of ether oxygens (including phenoxy) is 1. The van der Waals surface area contributed by atoms with Crippen molar-refractivity contribution < 1.29 is 22.7 Å². The molecule has 1 aromatic carbocycles. The number of sulfonamides is 1. The minimum absolute atomic E-state index is 0.00239. The minimum atomic E-state index is -3.70. The molecule has 1 unspecified atom stereocenters. The fourth-order valence-electron chi connectivity index (χ4n) is 3.64. The highest BCUT2D eigenvalue weighted by molar-refractivity contribution is 7.89. The molecule has 4 rings (SSSR count). The second-order valence-corrected chi connectivity index (χ2v) is 8.85. The zero-order valence-corrected chi connectivity index (χ0v) is 15.6. The third kappa shape index (κ3) is 3.52. The average Bonchev–Trinajstić information content (AvgIpc) is 3.21. The zero-order chi connectivity index (χ0) is 19.0. The molecule has 0 bridgehead atoms. The van der Waals surface area contributed by atoms with Crippen LogP contribution < -0.4 is 15.4 Å². The van der Waals surface area contributed by atoms with Gasteiger partial charge >= 0.3 is 0 Å². The van der Waals surface area contributed by atoms with Gasteiger partial charge in [0.25, 0.3) is 5.91 Å². The van der Waals surface area contributed by atoms with Crippen molar-refractivity contribution >= 4 is 27.5 Å². The van der Waals surface area contributed by atoms with E-state index < -0.39 is 10.0 Å². The van der Waals surface area contributed by atoms with Crippen LogP contribution in [0.5, 0.6) is 5.75 Å². The summed E-state index contributed by atoms with van der Waals surface area (Å²) in [4.78, 5) is 25.8. The fraction of sp³-hybridized carbons (Fsp3) is 0.529. The van der Waals surface area contributed by atoms with Gasteiger partial charge in [0, 0.05) is 32.7 Å². The van der Waals surface area contributed by atoms with Gasteiger partial charge in [0.05, 0.1) is 16.5 Å². The lowest BCUT2D eigenvalue weighted by Gasteiger charge is -2.35. The lowest BCUT2D eigenvalue weighted by atomic mass is 10.1. The van der Waals surface area contributed by atoms with Crippen LogP contribution in [0.2, 0.25) is 0 Å². The van der Waals surface area contributed by atoms with Crippen LogP contribution in [-0.2, 0) is 19.6 Å². The molecule has 0 aromatic heterocycles. The lowest BCUT2D eigenvalue weighted by molar-refractivity contribution is -0.136. The summed E-state index contributed by atoms with van der Waals surface area (Å²) in [6.07, 6.45) is 0.834. The summed E-state index contributed by atoms with van der Waals surface area (Å²) in [5.74, 6) is 0.239. The highest BCUT2D eigenvalue weighted by Crippen LogP contribution is 2.31. The average molecular weight is 394 g/mol. The minimum Gasteiger partial charge on any atom is -0.482 e. The molecule has 3 heterocycles. The van der Waals surface area contributed by atoms with Gasteiger partial charge in [0.2, 0.25) is 15.9 Å². The van der Waals surface area contributed by atoms with Gasteiger partial charge in [-0.1, -0.05) is 0 Å². The van der Waals surface area contributed by atoms with E-state index in [0.29, 0.717) is 31.1 Å². The Kier molecular flexibility index (Phi) is 4.79. The van der Waals surface area contributed by atoms with E-state index in [1.54, 1.807) is 11.0 Å². The second kappa shape index (κ2) is 7.10. The first-order valence-corrected chi connectivity index (χ1v) is 10.5. The molecule has 10 heteroatoms. The number of rotatable bonds is 3. The van der Waals surface area contributed by atoms with E-state index in [2.05, 4.69) is 10.6 Å². The largest absolute Gasteiger partial charge is 0.482 e. The maximum absolute atomic E-state index is 12.9. The van der Waals surface area contributed by atoms with Gasteiger partial charge in [-0.3, -0.25) is 9.59 Å². The van der Waals surface area contributed by atoms with E-state index in [4.69, 9.17) is 4.74 Å². The molecule has 27 heavy (non-hydrogen) atoms. The van der Waals surface area contributed by atoms with Crippen molar-refractivity contribution in [2.45, 2.75) is 11.3 Å². The van der Waals surface area contributed by atoms with Crippen LogP contribution in [0.25, 0.3) is 0 Å². The fourth-order valence-corrected chi connectivity index (χ4v) is 5.09. The predicted octanol–water partition coefficient (Wildman–Crippen LogP) is -0.540. The van der Waals surface area contributed by atoms with Gasteiger partial charge in [0.15, 0.2) is 6.61 Å². The van der Waals surface area contributed by atoms with Gasteiger partial charge in [-0.2, -0.15) is 4.31 Å². The summed E-state index contributed by atoms with van der Waals surface area (Å²) in [7, 11) is -3.70. The summed E-state index contributed by atoms with van der Waals surface area (Å²) in [5, 5.41) is 5.80. The number of benzene rings is 1. The Morgan fingerprint density at radius 1 is 1.19 bits per heavy atom. The lowest BCUT2D eigenvalue weighted by Crippen LogP contribution is -2.52. The maximum atomic E-state index is 12.9. The number of carbonyl (C=O) groups excluding carboxylic acids is 2. The smallest absolute Gasteiger partial charge is 0.262 e. The Labute approximate surface area is 157 Å². The molecule has 0 spiro atoms. The molecule has 1 atom stereocenters. The van der Waals surface area contributed by atoms with Crippen LogP contribution in [0.4, 0.5) is 5.69 Å². The molecule has 3 aliphatic rings. The summed E-state index contributed by atoms with van der Waals surface area (Å²) < 4.78 is 32.5. The van der Waals surface area contributed by atoms with Gasteiger partial charge in [-0.05, 0) is 31.2 Å². The number of hydrogen-bond donors (Lipinski definition) is 2. The number of fused-ring (bicyclic) bond motifs is 1. The van der Waals surface area contributed by atoms with E-state index >= 15 is 0 Å². The summed E-state index contributed by atoms with van der Waals surface area (Å²) in [5.41, 5.74) is 0.356. The number of anilines is 1. The monoisotopic (exact) mass is 394 g/mol. The Balaban J connectivity index is 1.45. The normalized spacial score (nSPS) is 23.5. The van der Waals surface area contributed by atoms with Crippen molar-refractivity contribution in [2.24, 2.45) is 5.92 Å². The highest BCUT2D eigenvalue weighted by atomic mass is 32.2. The number of hydrogen-bond acceptors (Lipinski definition) is 6. The topological polar surface area (TPSA) is 108 Å². The molecular formula is C17H22N4O5S. The van der Waals surface area contributed by atoms with E-state index in [-0.39, 0.29) is 42.3 Å². The Bertz CT molecular complexity index is 858. The number of amides is 2. The molecular weight excluding hydrogens is 372 g/mol. The van der Waals surface area contributed by atoms with Crippen molar-refractivity contribution in [3.8, 4) is 5.75 Å². The molecule has 2 amide bonds. The standard InChI is InChI=1S/C17H22N4O5S/c22-16-11-26-15-2-1-13(9-14(15)19-16)27(24,25)21-7-5-20(6-8-21)17(23)12-3-4-18-10-12/h1-2,9,12,18H,3-8,10-11H2,(H,19,22). The quantitative estimate of drug-likeness (QED) is 0.713. The number of nitrogens with zero attached hydrogens (tertiary/aromatic N) is 2. The number of piperazine rings is 1. The van der Waals surface area contributed by atoms with Gasteiger partial charge < -0.3 is 20.3 Å². The van der Waals surface area contributed by atoms with Crippen LogP contribution in [-0.4, -0.2) is 75.3 Å². The molecule has 2 N–H and O–H groups in total. The summed E-state index contributed by atoms with van der Waals surface area (Å²) in [6.45, 7) is 2.76. The molecule has 1 aromatic rings. The summed E-state index contributed by atoms with van der Waals surface area (Å²) >= 11 is 0. The van der Waals surface area contributed by atoms with Crippen molar-refractivity contribution in [1.82, 2.24) is 14.5 Å². The molecule has 0 saturated carbocycles. The van der Waals surface area contributed by atoms with Crippen LogP contribution in [0, 0.1) is 5.92 Å². The van der Waals surface area contributed by atoms with E-state index in [1.807, 2.05) is 0 Å². The van der Waals surface area contributed by atoms with E-state index in [9.17, 15) is 18.0 Å². The number of carbonyl (C=O) groups is 2. The molecule has 2 saturated heterocycles. The van der Waals surface area contributed by atoms with Crippen molar-refractivity contribution in [3.05, 3.63) is 18.2 Å². The van der Waals surface area contributed by atoms with Crippen LogP contribution in [0.15, 0.2) is 23.1 Å². The second-order valence-electron chi connectivity index (χ2n) is 6.91. The van der Waals surface area contributed by atoms with Crippen molar-refractivity contribution in [2.75, 3.05) is 51.2 Å². The van der Waals surface area contributed by atoms with Gasteiger partial charge in [-0.25, -0.2) is 8.42 Å². The van der Waals surface area contributed by atoms with Crippen LogP contribution >= 0.6 is 0 Å². The van der Waals surface area contributed by atoms with Gasteiger partial charge in [0.1, 0.15) is 5.75 Å². The molecule has 0 aliphatic carbocycles. The first-order valence-electron chi connectivity index (χ1n) is 9.01. The SMILES string of the molecule is O=C1COc2ccc(S(=O)(=O)N3CCN(C(=O)C4CCNC4)CC3)cc2N1. The summed E-state index contributed by atoms with van der Waals surface area (Å²) in [6, 6.07) is 4.45. The van der Waals surface area contributed by atoms with E-state index in [1.165, 1.54) is 16.4 Å². The first kappa shape index (κ1) is 18.2. The van der Waals surface area contributed by atoms with E-state index in [0.717, 1.165) is 13.0 Å². The van der Waals surface area contributed by atoms with Crippen molar-refractivity contribution in [3.63, 3.8) is 0 Å². The Hall–Kier alpha value is -2.17. The highest BCUT2D eigenvalue weighted by Gasteiger charge is 2.34. The van der Waals surface area contributed by atoms with Crippen molar-refractivity contribution in [1.29, 1.82) is 0 Å². The van der Waals surface area contributed by atoms with Crippen LogP contribution in [0.1, 0.15) is 6.42 Å². The predicted molar refractivity (Wildman–Crippen MR) is 96.9 cm³/mol. The third-order valence-corrected chi connectivity index (χ3v) is 7.08. The van der Waals surface area contributed by atoms with Gasteiger partial charge in [-0.15, -0.1) is 0 Å². The molecule has 2 fully saturated rings. The Morgan fingerprint density at radius 2 is 1.96 bits per heavy atom. The first-order chi connectivity index (χ1) is 12.9. The number of nitrogens with one attached hydrogen (secondary N) is 2. The maximum Gasteiger partial charge on any atom is 0.262 e. The van der Waals surface area contributed by atoms with Crippen LogP contribution in [0.3, 0.4) is 0 Å². The molecule has 146 valence electrons.